The number of hydrogen-bond acceptors (Lipinski definition) is 2. The summed E-state index contributed by atoms with van der Waals surface area (Å²) in [5, 5.41) is 0. The van der Waals surface area contributed by atoms with Crippen LogP contribution in [0.1, 0.15) is 57.4 Å². The summed E-state index contributed by atoms with van der Waals surface area (Å²) in [6, 6.07) is 0. The molecule has 1 aromatic heterocycles. The standard InChI is InChI=1S/C13H20ClNO/c1-10(2)7-13(5-3-4-6-13)12-11(8-14)15-9-16-12/h9-10H,3-8H2,1-2H3. The Balaban J connectivity index is 2.31. The van der Waals surface area contributed by atoms with Gasteiger partial charge in [0.25, 0.3) is 0 Å². The third-order valence-electron chi connectivity index (χ3n) is 3.61. The second-order valence-electron chi connectivity index (χ2n) is 5.35. The number of hydrogen-bond donors (Lipinski definition) is 0. The van der Waals surface area contributed by atoms with Crippen molar-refractivity contribution in [2.45, 2.75) is 57.2 Å². The minimum atomic E-state index is 0.217. The highest BCUT2D eigenvalue weighted by atomic mass is 35.5. The molecule has 0 aromatic carbocycles. The Bertz CT molecular complexity index is 339. The van der Waals surface area contributed by atoms with Gasteiger partial charge in [-0.3, -0.25) is 0 Å². The zero-order valence-electron chi connectivity index (χ0n) is 10.1. The largest absolute Gasteiger partial charge is 0.448 e. The zero-order chi connectivity index (χ0) is 11.6. The smallest absolute Gasteiger partial charge is 0.181 e. The SMILES string of the molecule is CC(C)CC1(c2ocnc2CCl)CCCC1. The van der Waals surface area contributed by atoms with Crippen LogP contribution in [0, 0.1) is 5.92 Å². The molecule has 1 aromatic rings. The van der Waals surface area contributed by atoms with Gasteiger partial charge in [0.2, 0.25) is 0 Å². The average molecular weight is 242 g/mol. The van der Waals surface area contributed by atoms with Gasteiger partial charge >= 0.3 is 0 Å². The molecule has 2 rings (SSSR count). The highest BCUT2D eigenvalue weighted by Gasteiger charge is 2.40. The average Bonchev–Trinajstić information content (AvgIpc) is 2.84. The maximum Gasteiger partial charge on any atom is 0.181 e. The third kappa shape index (κ3) is 2.13. The Labute approximate surface area is 102 Å². The summed E-state index contributed by atoms with van der Waals surface area (Å²) in [6.07, 6.45) is 7.79. The molecule has 1 saturated carbocycles. The van der Waals surface area contributed by atoms with Gasteiger partial charge in [-0.1, -0.05) is 26.7 Å². The summed E-state index contributed by atoms with van der Waals surface area (Å²) < 4.78 is 5.65. The van der Waals surface area contributed by atoms with Crippen molar-refractivity contribution >= 4 is 11.6 Å². The molecule has 90 valence electrons. The fraction of sp³-hybridized carbons (Fsp3) is 0.769. The molecule has 0 radical (unpaired) electrons. The molecule has 0 bridgehead atoms. The minimum Gasteiger partial charge on any atom is -0.448 e. The number of nitrogens with zero attached hydrogens (tertiary/aromatic N) is 1. The molecule has 0 spiro atoms. The minimum absolute atomic E-state index is 0.217. The van der Waals surface area contributed by atoms with Gasteiger partial charge in [-0.15, -0.1) is 11.6 Å². The molecule has 0 aliphatic heterocycles. The van der Waals surface area contributed by atoms with E-state index in [0.717, 1.165) is 11.5 Å². The number of halogens is 1. The van der Waals surface area contributed by atoms with Crippen molar-refractivity contribution in [2.24, 2.45) is 5.92 Å². The Morgan fingerprint density at radius 2 is 2.12 bits per heavy atom. The highest BCUT2D eigenvalue weighted by molar-refractivity contribution is 6.16. The summed E-state index contributed by atoms with van der Waals surface area (Å²) in [4.78, 5) is 4.23. The van der Waals surface area contributed by atoms with Gasteiger partial charge in [-0.25, -0.2) is 4.98 Å². The van der Waals surface area contributed by atoms with Crippen molar-refractivity contribution in [1.29, 1.82) is 0 Å². The van der Waals surface area contributed by atoms with E-state index in [9.17, 15) is 0 Å². The molecular weight excluding hydrogens is 222 g/mol. The number of oxazole rings is 1. The van der Waals surface area contributed by atoms with Gasteiger partial charge in [-0.2, -0.15) is 0 Å². The van der Waals surface area contributed by atoms with Crippen LogP contribution in [-0.4, -0.2) is 4.98 Å². The van der Waals surface area contributed by atoms with Crippen molar-refractivity contribution in [2.75, 3.05) is 0 Å². The Morgan fingerprint density at radius 3 is 2.69 bits per heavy atom. The number of aromatic nitrogens is 1. The summed E-state index contributed by atoms with van der Waals surface area (Å²) in [7, 11) is 0. The van der Waals surface area contributed by atoms with Crippen molar-refractivity contribution in [3.05, 3.63) is 17.8 Å². The number of rotatable bonds is 4. The molecule has 16 heavy (non-hydrogen) atoms. The van der Waals surface area contributed by atoms with Gasteiger partial charge in [0.15, 0.2) is 6.39 Å². The number of alkyl halides is 1. The topological polar surface area (TPSA) is 26.0 Å². The van der Waals surface area contributed by atoms with E-state index in [2.05, 4.69) is 18.8 Å². The van der Waals surface area contributed by atoms with E-state index in [4.69, 9.17) is 16.0 Å². The lowest BCUT2D eigenvalue weighted by molar-refractivity contribution is 0.283. The quantitative estimate of drug-likeness (QED) is 0.736. The first kappa shape index (κ1) is 12.0. The molecule has 1 aliphatic carbocycles. The van der Waals surface area contributed by atoms with Gasteiger partial charge in [-0.05, 0) is 25.2 Å². The van der Waals surface area contributed by atoms with Crippen molar-refractivity contribution in [3.8, 4) is 0 Å². The molecular formula is C13H20ClNO. The normalized spacial score (nSPS) is 19.5. The predicted molar refractivity (Wildman–Crippen MR) is 65.7 cm³/mol. The molecule has 3 heteroatoms. The maximum absolute atomic E-state index is 5.93. The molecule has 1 heterocycles. The van der Waals surface area contributed by atoms with Crippen molar-refractivity contribution < 1.29 is 4.42 Å². The predicted octanol–water partition coefficient (Wildman–Crippen LogP) is 4.27. The molecule has 1 aliphatic rings. The van der Waals surface area contributed by atoms with Gasteiger partial charge in [0.05, 0.1) is 11.6 Å². The Hall–Kier alpha value is -0.500. The second kappa shape index (κ2) is 4.79. The summed E-state index contributed by atoms with van der Waals surface area (Å²) in [6.45, 7) is 4.55. The zero-order valence-corrected chi connectivity index (χ0v) is 10.9. The van der Waals surface area contributed by atoms with Gasteiger partial charge in [0, 0.05) is 5.41 Å². The van der Waals surface area contributed by atoms with E-state index in [1.165, 1.54) is 32.1 Å². The van der Waals surface area contributed by atoms with Crippen LogP contribution in [-0.2, 0) is 11.3 Å². The summed E-state index contributed by atoms with van der Waals surface area (Å²) in [5.41, 5.74) is 1.17. The van der Waals surface area contributed by atoms with Crippen molar-refractivity contribution in [3.63, 3.8) is 0 Å². The van der Waals surface area contributed by atoms with E-state index in [1.54, 1.807) is 6.39 Å². The van der Waals surface area contributed by atoms with Gasteiger partial charge in [0.1, 0.15) is 5.76 Å². The fourth-order valence-electron chi connectivity index (χ4n) is 3.15. The Morgan fingerprint density at radius 1 is 1.44 bits per heavy atom. The maximum atomic E-state index is 5.93. The van der Waals surface area contributed by atoms with E-state index >= 15 is 0 Å². The molecule has 0 atom stereocenters. The van der Waals surface area contributed by atoms with Gasteiger partial charge < -0.3 is 4.42 Å². The van der Waals surface area contributed by atoms with E-state index in [1.807, 2.05) is 0 Å². The molecule has 0 N–H and O–H groups in total. The molecule has 0 amide bonds. The first-order chi connectivity index (χ1) is 7.68. The summed E-state index contributed by atoms with van der Waals surface area (Å²) >= 11 is 5.93. The van der Waals surface area contributed by atoms with Crippen LogP contribution in [0.5, 0.6) is 0 Å². The van der Waals surface area contributed by atoms with Crippen LogP contribution < -0.4 is 0 Å². The lowest BCUT2D eigenvalue weighted by Crippen LogP contribution is -2.25. The van der Waals surface area contributed by atoms with Crippen LogP contribution in [0.25, 0.3) is 0 Å². The van der Waals surface area contributed by atoms with Crippen LogP contribution in [0.4, 0.5) is 0 Å². The third-order valence-corrected chi connectivity index (χ3v) is 3.86. The van der Waals surface area contributed by atoms with E-state index < -0.39 is 0 Å². The van der Waals surface area contributed by atoms with Crippen LogP contribution >= 0.6 is 11.6 Å². The molecule has 0 unspecified atom stereocenters. The molecule has 1 fully saturated rings. The first-order valence-electron chi connectivity index (χ1n) is 6.17. The molecule has 0 saturated heterocycles. The van der Waals surface area contributed by atoms with E-state index in [-0.39, 0.29) is 5.41 Å². The second-order valence-corrected chi connectivity index (χ2v) is 5.61. The monoisotopic (exact) mass is 241 g/mol. The molecule has 2 nitrogen and oxygen atoms in total. The Kier molecular flexibility index (Phi) is 3.58. The fourth-order valence-corrected chi connectivity index (χ4v) is 3.34. The lowest BCUT2D eigenvalue weighted by atomic mass is 9.76. The summed E-state index contributed by atoms with van der Waals surface area (Å²) in [5.74, 6) is 2.21. The first-order valence-corrected chi connectivity index (χ1v) is 6.70. The van der Waals surface area contributed by atoms with Crippen molar-refractivity contribution in [1.82, 2.24) is 4.98 Å². The lowest BCUT2D eigenvalue weighted by Gasteiger charge is -2.29. The van der Waals surface area contributed by atoms with Crippen LogP contribution in [0.3, 0.4) is 0 Å². The van der Waals surface area contributed by atoms with Crippen LogP contribution in [0.2, 0.25) is 0 Å². The van der Waals surface area contributed by atoms with Crippen LogP contribution in [0.15, 0.2) is 10.8 Å². The van der Waals surface area contributed by atoms with E-state index in [0.29, 0.717) is 11.8 Å². The highest BCUT2D eigenvalue weighted by Crippen LogP contribution is 2.46.